The number of pyridine rings is 1. The van der Waals surface area contributed by atoms with Crippen molar-refractivity contribution in [3.05, 3.63) is 41.3 Å². The third kappa shape index (κ3) is 3.61. The standard InChI is InChI=1S/C15H19ClN4O/c1-10(16)15(21)18-9-7-13-11(2)19-20(12(13)3)14-6-4-5-8-17-14/h4-6,8,10H,7,9H2,1-3H3,(H,18,21). The van der Waals surface area contributed by atoms with Crippen LogP contribution in [0, 0.1) is 13.8 Å². The first-order valence-electron chi connectivity index (χ1n) is 6.89. The van der Waals surface area contributed by atoms with Gasteiger partial charge in [-0.1, -0.05) is 6.07 Å². The van der Waals surface area contributed by atoms with Crippen LogP contribution in [0.3, 0.4) is 0 Å². The van der Waals surface area contributed by atoms with E-state index in [1.807, 2.05) is 36.7 Å². The number of aromatic nitrogens is 3. The van der Waals surface area contributed by atoms with Crippen LogP contribution in [0.2, 0.25) is 0 Å². The fourth-order valence-electron chi connectivity index (χ4n) is 2.19. The lowest BCUT2D eigenvalue weighted by Gasteiger charge is -2.07. The lowest BCUT2D eigenvalue weighted by Crippen LogP contribution is -2.31. The molecule has 1 amide bonds. The second-order valence-corrected chi connectivity index (χ2v) is 5.56. The summed E-state index contributed by atoms with van der Waals surface area (Å²) in [6, 6.07) is 5.72. The van der Waals surface area contributed by atoms with E-state index < -0.39 is 5.38 Å². The summed E-state index contributed by atoms with van der Waals surface area (Å²) >= 11 is 5.72. The maximum absolute atomic E-state index is 11.5. The number of alkyl halides is 1. The number of aryl methyl sites for hydroxylation is 1. The van der Waals surface area contributed by atoms with Crippen LogP contribution < -0.4 is 5.32 Å². The molecule has 112 valence electrons. The monoisotopic (exact) mass is 306 g/mol. The van der Waals surface area contributed by atoms with Gasteiger partial charge >= 0.3 is 0 Å². The molecule has 0 saturated carbocycles. The molecule has 1 unspecified atom stereocenters. The highest BCUT2D eigenvalue weighted by molar-refractivity contribution is 6.30. The topological polar surface area (TPSA) is 59.8 Å². The van der Waals surface area contributed by atoms with Crippen molar-refractivity contribution >= 4 is 17.5 Å². The van der Waals surface area contributed by atoms with Crippen molar-refractivity contribution in [2.45, 2.75) is 32.6 Å². The highest BCUT2D eigenvalue weighted by Crippen LogP contribution is 2.16. The number of carbonyl (C=O) groups is 1. The first kappa shape index (κ1) is 15.5. The lowest BCUT2D eigenvalue weighted by molar-refractivity contribution is -0.120. The zero-order valence-corrected chi connectivity index (χ0v) is 13.2. The molecule has 1 N–H and O–H groups in total. The molecular formula is C15H19ClN4O. The number of nitrogens with zero attached hydrogens (tertiary/aromatic N) is 3. The fourth-order valence-corrected chi connectivity index (χ4v) is 2.27. The Hall–Kier alpha value is -1.88. The average molecular weight is 307 g/mol. The van der Waals surface area contributed by atoms with Gasteiger partial charge in [0.1, 0.15) is 5.38 Å². The average Bonchev–Trinajstić information content (AvgIpc) is 2.75. The van der Waals surface area contributed by atoms with Gasteiger partial charge in [-0.25, -0.2) is 9.67 Å². The molecule has 0 saturated heterocycles. The van der Waals surface area contributed by atoms with Crippen molar-refractivity contribution < 1.29 is 4.79 Å². The summed E-state index contributed by atoms with van der Waals surface area (Å²) in [7, 11) is 0. The van der Waals surface area contributed by atoms with Gasteiger partial charge in [0, 0.05) is 18.4 Å². The van der Waals surface area contributed by atoms with Crippen molar-refractivity contribution in [2.75, 3.05) is 6.54 Å². The first-order valence-corrected chi connectivity index (χ1v) is 7.32. The number of carbonyl (C=O) groups excluding carboxylic acids is 1. The van der Waals surface area contributed by atoms with Crippen molar-refractivity contribution in [1.29, 1.82) is 0 Å². The molecule has 2 aromatic rings. The quantitative estimate of drug-likeness (QED) is 0.861. The van der Waals surface area contributed by atoms with Gasteiger partial charge in [-0.15, -0.1) is 11.6 Å². The van der Waals surface area contributed by atoms with E-state index in [1.54, 1.807) is 13.1 Å². The van der Waals surface area contributed by atoms with E-state index in [2.05, 4.69) is 15.4 Å². The van der Waals surface area contributed by atoms with Crippen LogP contribution in [0.4, 0.5) is 0 Å². The molecule has 0 fully saturated rings. The molecule has 2 aromatic heterocycles. The van der Waals surface area contributed by atoms with Crippen molar-refractivity contribution in [1.82, 2.24) is 20.1 Å². The fraction of sp³-hybridized carbons (Fsp3) is 0.400. The molecule has 2 heterocycles. The predicted molar refractivity (Wildman–Crippen MR) is 82.9 cm³/mol. The molecule has 5 nitrogen and oxygen atoms in total. The normalized spacial score (nSPS) is 12.2. The van der Waals surface area contributed by atoms with E-state index >= 15 is 0 Å². The summed E-state index contributed by atoms with van der Waals surface area (Å²) in [5.74, 6) is 0.645. The molecule has 0 bridgehead atoms. The number of halogens is 1. The summed E-state index contributed by atoms with van der Waals surface area (Å²) in [5.41, 5.74) is 3.12. The van der Waals surface area contributed by atoms with Gasteiger partial charge < -0.3 is 5.32 Å². The molecule has 0 aliphatic rings. The van der Waals surface area contributed by atoms with Crippen molar-refractivity contribution in [3.8, 4) is 5.82 Å². The van der Waals surface area contributed by atoms with Gasteiger partial charge in [0.15, 0.2) is 5.82 Å². The molecule has 6 heteroatoms. The second-order valence-electron chi connectivity index (χ2n) is 4.91. The smallest absolute Gasteiger partial charge is 0.237 e. The second kappa shape index (κ2) is 6.72. The van der Waals surface area contributed by atoms with Gasteiger partial charge in [-0.3, -0.25) is 4.79 Å². The van der Waals surface area contributed by atoms with Crippen LogP contribution in [-0.4, -0.2) is 32.6 Å². The predicted octanol–water partition coefficient (Wildman–Crippen LogP) is 2.17. The maximum atomic E-state index is 11.5. The minimum absolute atomic E-state index is 0.149. The van der Waals surface area contributed by atoms with Gasteiger partial charge in [0.2, 0.25) is 5.91 Å². The Labute approximate surface area is 129 Å². The zero-order chi connectivity index (χ0) is 15.4. The lowest BCUT2D eigenvalue weighted by atomic mass is 10.1. The molecule has 0 aliphatic heterocycles. The molecule has 0 aromatic carbocycles. The van der Waals surface area contributed by atoms with Gasteiger partial charge in [-0.2, -0.15) is 5.10 Å². The molecule has 0 aliphatic carbocycles. The first-order chi connectivity index (χ1) is 10.0. The van der Waals surface area contributed by atoms with Crippen LogP contribution in [0.1, 0.15) is 23.9 Å². The van der Waals surface area contributed by atoms with Crippen molar-refractivity contribution in [3.63, 3.8) is 0 Å². The Morgan fingerprint density at radius 3 is 2.81 bits per heavy atom. The minimum atomic E-state index is -0.511. The summed E-state index contributed by atoms with van der Waals surface area (Å²) < 4.78 is 1.83. The number of amides is 1. The van der Waals surface area contributed by atoms with E-state index in [0.29, 0.717) is 6.54 Å². The molecule has 21 heavy (non-hydrogen) atoms. The van der Waals surface area contributed by atoms with E-state index in [1.165, 1.54) is 0 Å². The Balaban J connectivity index is 2.11. The Morgan fingerprint density at radius 2 is 2.19 bits per heavy atom. The van der Waals surface area contributed by atoms with Crippen molar-refractivity contribution in [2.24, 2.45) is 0 Å². The van der Waals surface area contributed by atoms with Crippen LogP contribution in [0.25, 0.3) is 5.82 Å². The van der Waals surface area contributed by atoms with Crippen LogP contribution >= 0.6 is 11.6 Å². The van der Waals surface area contributed by atoms with Crippen LogP contribution in [0.5, 0.6) is 0 Å². The Kier molecular flexibility index (Phi) is 4.96. The number of nitrogens with one attached hydrogen (secondary N) is 1. The molecule has 1 atom stereocenters. The molecular weight excluding hydrogens is 288 g/mol. The zero-order valence-electron chi connectivity index (χ0n) is 12.4. The summed E-state index contributed by atoms with van der Waals surface area (Å²) in [5, 5.41) is 6.83. The highest BCUT2D eigenvalue weighted by Gasteiger charge is 2.14. The third-order valence-corrected chi connectivity index (χ3v) is 3.54. The van der Waals surface area contributed by atoms with E-state index in [-0.39, 0.29) is 5.91 Å². The van der Waals surface area contributed by atoms with Crippen LogP contribution in [-0.2, 0) is 11.2 Å². The largest absolute Gasteiger partial charge is 0.354 e. The maximum Gasteiger partial charge on any atom is 0.237 e. The van der Waals surface area contributed by atoms with Gasteiger partial charge in [0.25, 0.3) is 0 Å². The molecule has 0 radical (unpaired) electrons. The minimum Gasteiger partial charge on any atom is -0.354 e. The van der Waals surface area contributed by atoms with E-state index in [0.717, 1.165) is 29.2 Å². The Bertz CT molecular complexity index is 622. The van der Waals surface area contributed by atoms with E-state index in [4.69, 9.17) is 11.6 Å². The number of hydrogen-bond donors (Lipinski definition) is 1. The number of rotatable bonds is 5. The summed E-state index contributed by atoms with van der Waals surface area (Å²) in [6.45, 7) is 6.18. The van der Waals surface area contributed by atoms with E-state index in [9.17, 15) is 4.79 Å². The van der Waals surface area contributed by atoms with Gasteiger partial charge in [0.05, 0.1) is 5.69 Å². The highest BCUT2D eigenvalue weighted by atomic mass is 35.5. The van der Waals surface area contributed by atoms with Crippen LogP contribution in [0.15, 0.2) is 24.4 Å². The number of hydrogen-bond acceptors (Lipinski definition) is 3. The summed E-state index contributed by atoms with van der Waals surface area (Å²) in [4.78, 5) is 15.8. The molecule has 2 rings (SSSR count). The summed E-state index contributed by atoms with van der Waals surface area (Å²) in [6.07, 6.45) is 2.47. The SMILES string of the molecule is Cc1nn(-c2ccccn2)c(C)c1CCNC(=O)C(C)Cl. The third-order valence-electron chi connectivity index (χ3n) is 3.34. The Morgan fingerprint density at radius 1 is 1.43 bits per heavy atom. The van der Waals surface area contributed by atoms with Gasteiger partial charge in [-0.05, 0) is 44.9 Å². The molecule has 0 spiro atoms.